The number of hydrogen-bond acceptors (Lipinski definition) is 4. The van der Waals surface area contributed by atoms with Gasteiger partial charge in [-0.15, -0.1) is 0 Å². The molecule has 0 radical (unpaired) electrons. The fraction of sp³-hybridized carbons (Fsp3) is 0.462. The lowest BCUT2D eigenvalue weighted by atomic mass is 10.0. The van der Waals surface area contributed by atoms with Crippen LogP contribution in [0.15, 0.2) is 30.3 Å². The number of aliphatic carboxylic acids is 1. The number of carboxylic acid groups (broad SMARTS) is 1. The van der Waals surface area contributed by atoms with Crippen molar-refractivity contribution >= 4 is 5.97 Å². The predicted octanol–water partition coefficient (Wildman–Crippen LogP) is -0.190. The van der Waals surface area contributed by atoms with Crippen molar-refractivity contribution in [3.63, 3.8) is 0 Å². The lowest BCUT2D eigenvalue weighted by Crippen LogP contribution is -2.40. The summed E-state index contributed by atoms with van der Waals surface area (Å²) in [6, 6.07) is 9.12. The van der Waals surface area contributed by atoms with E-state index in [2.05, 4.69) is 10.6 Å². The van der Waals surface area contributed by atoms with Crippen LogP contribution < -0.4 is 10.6 Å². The molecule has 0 bridgehead atoms. The Hall–Kier alpha value is -1.43. The number of hydrogen-bond donors (Lipinski definition) is 4. The van der Waals surface area contributed by atoms with Gasteiger partial charge in [-0.2, -0.15) is 0 Å². The molecule has 0 spiro atoms. The van der Waals surface area contributed by atoms with Crippen molar-refractivity contribution < 1.29 is 15.0 Å². The smallest absolute Gasteiger partial charge is 0.323 e. The predicted molar refractivity (Wildman–Crippen MR) is 67.1 cm³/mol. The van der Waals surface area contributed by atoms with Gasteiger partial charge in [-0.3, -0.25) is 4.79 Å². The van der Waals surface area contributed by atoms with Gasteiger partial charge >= 0.3 is 5.97 Å². The van der Waals surface area contributed by atoms with E-state index in [4.69, 9.17) is 5.11 Å². The zero-order valence-electron chi connectivity index (χ0n) is 10.0. The van der Waals surface area contributed by atoms with Crippen LogP contribution in [-0.2, 0) is 11.3 Å². The molecule has 1 aliphatic rings. The minimum atomic E-state index is -0.993. The third-order valence-electron chi connectivity index (χ3n) is 3.27. The lowest BCUT2D eigenvalue weighted by Gasteiger charge is -2.16. The summed E-state index contributed by atoms with van der Waals surface area (Å²) in [5.74, 6) is -1.05. The van der Waals surface area contributed by atoms with Crippen LogP contribution in [0, 0.1) is 5.92 Å². The number of benzene rings is 1. The lowest BCUT2D eigenvalue weighted by molar-refractivity contribution is -0.141. The first kappa shape index (κ1) is 13.0. The van der Waals surface area contributed by atoms with Gasteiger partial charge in [0.1, 0.15) is 6.04 Å². The molecule has 1 aromatic carbocycles. The van der Waals surface area contributed by atoms with E-state index < -0.39 is 18.1 Å². The average molecular weight is 250 g/mol. The quantitative estimate of drug-likeness (QED) is 0.582. The van der Waals surface area contributed by atoms with Gasteiger partial charge in [0.05, 0.1) is 6.10 Å². The van der Waals surface area contributed by atoms with Crippen LogP contribution >= 0.6 is 0 Å². The van der Waals surface area contributed by atoms with Gasteiger partial charge in [0.15, 0.2) is 0 Å². The van der Waals surface area contributed by atoms with Crippen LogP contribution in [-0.4, -0.2) is 41.4 Å². The first-order valence-electron chi connectivity index (χ1n) is 6.07. The second-order valence-corrected chi connectivity index (χ2v) is 4.59. The number of carbonyl (C=O) groups is 1. The normalized spacial score (nSPS) is 27.3. The summed E-state index contributed by atoms with van der Waals surface area (Å²) in [5.41, 5.74) is 1.17. The SMILES string of the molecule is O=C(O)[C@H]1NC[C@H](CNCc2ccccc2)[C@@H]1O. The zero-order valence-corrected chi connectivity index (χ0v) is 10.0. The molecule has 0 amide bonds. The molecule has 5 heteroatoms. The first-order valence-corrected chi connectivity index (χ1v) is 6.07. The summed E-state index contributed by atoms with van der Waals surface area (Å²) in [6.07, 6.45) is -0.828. The van der Waals surface area contributed by atoms with Crippen LogP contribution in [0.25, 0.3) is 0 Å². The van der Waals surface area contributed by atoms with Crippen LogP contribution in [0.3, 0.4) is 0 Å². The second kappa shape index (κ2) is 5.95. The van der Waals surface area contributed by atoms with E-state index in [9.17, 15) is 9.90 Å². The van der Waals surface area contributed by atoms with Crippen LogP contribution in [0.5, 0.6) is 0 Å². The Kier molecular flexibility index (Phi) is 4.30. The maximum Gasteiger partial charge on any atom is 0.323 e. The molecule has 2 rings (SSSR count). The molecule has 1 heterocycles. The molecule has 98 valence electrons. The standard InChI is InChI=1S/C13H18N2O3/c16-12-10(8-15-11(12)13(17)18)7-14-6-9-4-2-1-3-5-9/h1-5,10-12,14-16H,6-8H2,(H,17,18)/t10-,11-,12-/m0/s1. The molecule has 4 N–H and O–H groups in total. The Morgan fingerprint density at radius 3 is 2.72 bits per heavy atom. The molecule has 0 unspecified atom stereocenters. The number of aliphatic hydroxyl groups excluding tert-OH is 1. The minimum Gasteiger partial charge on any atom is -0.480 e. The fourth-order valence-corrected chi connectivity index (χ4v) is 2.22. The fourth-order valence-electron chi connectivity index (χ4n) is 2.22. The molecular formula is C13H18N2O3. The Bertz CT molecular complexity index is 396. The third-order valence-corrected chi connectivity index (χ3v) is 3.27. The van der Waals surface area contributed by atoms with Gasteiger partial charge in [0, 0.05) is 25.6 Å². The highest BCUT2D eigenvalue weighted by atomic mass is 16.4. The van der Waals surface area contributed by atoms with E-state index in [0.717, 1.165) is 6.54 Å². The molecule has 0 saturated carbocycles. The number of aliphatic hydroxyl groups is 1. The highest BCUT2D eigenvalue weighted by molar-refractivity contribution is 5.74. The van der Waals surface area contributed by atoms with Gasteiger partial charge in [0.25, 0.3) is 0 Å². The van der Waals surface area contributed by atoms with E-state index in [1.54, 1.807) is 0 Å². The summed E-state index contributed by atoms with van der Waals surface area (Å²) < 4.78 is 0. The molecule has 1 aromatic rings. The van der Waals surface area contributed by atoms with Gasteiger partial charge in [-0.1, -0.05) is 30.3 Å². The van der Waals surface area contributed by atoms with Crippen molar-refractivity contribution in [1.82, 2.24) is 10.6 Å². The van der Waals surface area contributed by atoms with Gasteiger partial charge < -0.3 is 20.8 Å². The second-order valence-electron chi connectivity index (χ2n) is 4.59. The summed E-state index contributed by atoms with van der Waals surface area (Å²) in [6.45, 7) is 1.86. The molecule has 0 aromatic heterocycles. The summed E-state index contributed by atoms with van der Waals surface area (Å²) >= 11 is 0. The Morgan fingerprint density at radius 2 is 2.11 bits per heavy atom. The summed E-state index contributed by atoms with van der Waals surface area (Å²) in [4.78, 5) is 10.8. The molecule has 1 fully saturated rings. The number of carboxylic acids is 1. The number of nitrogens with one attached hydrogen (secondary N) is 2. The van der Waals surface area contributed by atoms with Gasteiger partial charge in [-0.05, 0) is 5.56 Å². The molecule has 18 heavy (non-hydrogen) atoms. The molecule has 0 aliphatic carbocycles. The van der Waals surface area contributed by atoms with Crippen molar-refractivity contribution in [2.75, 3.05) is 13.1 Å². The van der Waals surface area contributed by atoms with Crippen molar-refractivity contribution in [2.45, 2.75) is 18.7 Å². The first-order chi connectivity index (χ1) is 8.68. The molecule has 1 saturated heterocycles. The average Bonchev–Trinajstić information content (AvgIpc) is 2.73. The van der Waals surface area contributed by atoms with Crippen LogP contribution in [0.2, 0.25) is 0 Å². The van der Waals surface area contributed by atoms with E-state index in [1.807, 2.05) is 30.3 Å². The van der Waals surface area contributed by atoms with Crippen molar-refractivity contribution in [3.8, 4) is 0 Å². The van der Waals surface area contributed by atoms with Crippen LogP contribution in [0.4, 0.5) is 0 Å². The largest absolute Gasteiger partial charge is 0.480 e. The van der Waals surface area contributed by atoms with Gasteiger partial charge in [0.2, 0.25) is 0 Å². The Labute approximate surface area is 106 Å². The Balaban J connectivity index is 1.76. The summed E-state index contributed by atoms with van der Waals surface area (Å²) in [7, 11) is 0. The van der Waals surface area contributed by atoms with E-state index in [0.29, 0.717) is 13.1 Å². The minimum absolute atomic E-state index is 0.0604. The Morgan fingerprint density at radius 1 is 1.39 bits per heavy atom. The molecule has 3 atom stereocenters. The van der Waals surface area contributed by atoms with Crippen molar-refractivity contribution in [1.29, 1.82) is 0 Å². The topological polar surface area (TPSA) is 81.6 Å². The monoisotopic (exact) mass is 250 g/mol. The van der Waals surface area contributed by atoms with Crippen molar-refractivity contribution in [2.24, 2.45) is 5.92 Å². The van der Waals surface area contributed by atoms with Crippen molar-refractivity contribution in [3.05, 3.63) is 35.9 Å². The molecule has 1 aliphatic heterocycles. The highest BCUT2D eigenvalue weighted by Crippen LogP contribution is 2.14. The van der Waals surface area contributed by atoms with E-state index in [1.165, 1.54) is 5.56 Å². The highest BCUT2D eigenvalue weighted by Gasteiger charge is 2.38. The molecule has 5 nitrogen and oxygen atoms in total. The maximum absolute atomic E-state index is 10.8. The number of rotatable bonds is 5. The van der Waals surface area contributed by atoms with E-state index >= 15 is 0 Å². The molecular weight excluding hydrogens is 232 g/mol. The van der Waals surface area contributed by atoms with Crippen LogP contribution in [0.1, 0.15) is 5.56 Å². The zero-order chi connectivity index (χ0) is 13.0. The summed E-state index contributed by atoms with van der Waals surface area (Å²) in [5, 5.41) is 24.8. The van der Waals surface area contributed by atoms with Gasteiger partial charge in [-0.25, -0.2) is 0 Å². The third kappa shape index (κ3) is 3.07. The maximum atomic E-state index is 10.8. The van der Waals surface area contributed by atoms with E-state index in [-0.39, 0.29) is 5.92 Å².